The molecule has 0 atom stereocenters. The first-order chi connectivity index (χ1) is 17.0. The largest absolute Gasteiger partial charge is 0.462 e. The Bertz CT molecular complexity index is 1210. The quantitative estimate of drug-likeness (QED) is 0.241. The number of esters is 1. The van der Waals surface area contributed by atoms with Crippen molar-refractivity contribution in [2.24, 2.45) is 4.99 Å². The molecule has 1 aliphatic rings. The van der Waals surface area contributed by atoms with Crippen molar-refractivity contribution < 1.29 is 14.3 Å². The van der Waals surface area contributed by atoms with Gasteiger partial charge >= 0.3 is 5.97 Å². The second kappa shape index (κ2) is 11.3. The monoisotopic (exact) mass is 489 g/mol. The zero-order chi connectivity index (χ0) is 24.8. The summed E-state index contributed by atoms with van der Waals surface area (Å²) >= 11 is 1.63. The van der Waals surface area contributed by atoms with E-state index in [-0.39, 0.29) is 11.9 Å². The number of fused-ring (bicyclic) bond motifs is 1. The van der Waals surface area contributed by atoms with Crippen molar-refractivity contribution in [1.29, 1.82) is 0 Å². The Kier molecular flexibility index (Phi) is 7.98. The molecule has 0 saturated carbocycles. The van der Waals surface area contributed by atoms with Gasteiger partial charge in [0.15, 0.2) is 0 Å². The van der Waals surface area contributed by atoms with Gasteiger partial charge in [-0.05, 0) is 80.1 Å². The number of benzene rings is 2. The summed E-state index contributed by atoms with van der Waals surface area (Å²) in [6.45, 7) is 2.10. The molecule has 0 aliphatic heterocycles. The molecule has 4 rings (SSSR count). The molecule has 0 bridgehead atoms. The lowest BCUT2D eigenvalue weighted by molar-refractivity contribution is 0.0526. The molecule has 6 nitrogen and oxygen atoms in total. The number of carbonyl (C=O) groups is 2. The highest BCUT2D eigenvalue weighted by atomic mass is 32.1. The van der Waals surface area contributed by atoms with E-state index >= 15 is 0 Å². The van der Waals surface area contributed by atoms with E-state index in [0.717, 1.165) is 47.5 Å². The lowest BCUT2D eigenvalue weighted by atomic mass is 10.0. The Morgan fingerprint density at radius 1 is 1.03 bits per heavy atom. The van der Waals surface area contributed by atoms with Crippen molar-refractivity contribution in [2.75, 3.05) is 30.9 Å². The molecule has 0 unspecified atom stereocenters. The van der Waals surface area contributed by atoms with Crippen molar-refractivity contribution in [2.45, 2.75) is 39.0 Å². The van der Waals surface area contributed by atoms with Crippen molar-refractivity contribution >= 4 is 45.8 Å². The van der Waals surface area contributed by atoms with Crippen LogP contribution in [-0.2, 0) is 17.6 Å². The van der Waals surface area contributed by atoms with Crippen LogP contribution in [0.3, 0.4) is 0 Å². The van der Waals surface area contributed by atoms with Gasteiger partial charge in [-0.25, -0.2) is 9.79 Å². The van der Waals surface area contributed by atoms with E-state index in [1.165, 1.54) is 11.3 Å². The predicted molar refractivity (Wildman–Crippen MR) is 144 cm³/mol. The molecule has 0 fully saturated rings. The van der Waals surface area contributed by atoms with Gasteiger partial charge in [-0.2, -0.15) is 0 Å². The zero-order valence-electron chi connectivity index (χ0n) is 20.5. The van der Waals surface area contributed by atoms with Gasteiger partial charge in [0.1, 0.15) is 5.00 Å². The van der Waals surface area contributed by atoms with Gasteiger partial charge in [0.05, 0.1) is 17.7 Å². The van der Waals surface area contributed by atoms with Gasteiger partial charge in [-0.15, -0.1) is 11.3 Å². The molecule has 0 radical (unpaired) electrons. The first-order valence-corrected chi connectivity index (χ1v) is 12.8. The van der Waals surface area contributed by atoms with Crippen LogP contribution < -0.4 is 10.2 Å². The van der Waals surface area contributed by atoms with E-state index in [1.807, 2.05) is 32.4 Å². The highest BCUT2D eigenvalue weighted by Crippen LogP contribution is 2.39. The summed E-state index contributed by atoms with van der Waals surface area (Å²) in [5.41, 5.74) is 5.00. The number of amides is 1. The average Bonchev–Trinajstić information content (AvgIpc) is 3.04. The SMILES string of the molecule is CCOC(=O)c1ccc(NC(=O)c2c(N=Cc3ccc(N(C)C)cc3)sc3c2CCCCC3)cc1. The lowest BCUT2D eigenvalue weighted by Gasteiger charge is -2.11. The summed E-state index contributed by atoms with van der Waals surface area (Å²) in [6.07, 6.45) is 7.10. The Morgan fingerprint density at radius 3 is 2.43 bits per heavy atom. The fraction of sp³-hybridized carbons (Fsp3) is 0.321. The summed E-state index contributed by atoms with van der Waals surface area (Å²) < 4.78 is 5.04. The average molecular weight is 490 g/mol. The molecule has 1 heterocycles. The number of nitrogens with one attached hydrogen (secondary N) is 1. The molecule has 2 aromatic carbocycles. The summed E-state index contributed by atoms with van der Waals surface area (Å²) in [6, 6.07) is 15.0. The molecule has 7 heteroatoms. The molecule has 1 amide bonds. The first kappa shape index (κ1) is 24.7. The van der Waals surface area contributed by atoms with Crippen LogP contribution in [0.5, 0.6) is 0 Å². The molecule has 0 saturated heterocycles. The van der Waals surface area contributed by atoms with E-state index in [0.29, 0.717) is 23.4 Å². The van der Waals surface area contributed by atoms with Crippen molar-refractivity contribution in [3.8, 4) is 0 Å². The summed E-state index contributed by atoms with van der Waals surface area (Å²) in [5, 5.41) is 3.75. The molecule has 1 aromatic heterocycles. The van der Waals surface area contributed by atoms with Crippen LogP contribution in [-0.4, -0.2) is 38.8 Å². The number of rotatable bonds is 7. The molecule has 3 aromatic rings. The molecule has 0 spiro atoms. The van der Waals surface area contributed by atoms with E-state index in [1.54, 1.807) is 42.5 Å². The number of nitrogens with zero attached hydrogens (tertiary/aromatic N) is 2. The maximum absolute atomic E-state index is 13.5. The summed E-state index contributed by atoms with van der Waals surface area (Å²) in [7, 11) is 4.02. The molecular weight excluding hydrogens is 458 g/mol. The van der Waals surface area contributed by atoms with Gasteiger partial charge in [-0.1, -0.05) is 18.6 Å². The third kappa shape index (κ3) is 5.98. The molecule has 1 aliphatic carbocycles. The number of thiophene rings is 1. The van der Waals surface area contributed by atoms with E-state index in [2.05, 4.69) is 22.3 Å². The zero-order valence-corrected chi connectivity index (χ0v) is 21.3. The Labute approximate surface area is 210 Å². The standard InChI is InChI=1S/C28H31N3O3S/c1-4-34-28(33)20-12-14-21(15-13-20)30-26(32)25-23-8-6-5-7-9-24(23)35-27(25)29-18-19-10-16-22(17-11-19)31(2)3/h10-18H,4-9H2,1-3H3,(H,30,32). The first-order valence-electron chi connectivity index (χ1n) is 12.0. The minimum atomic E-state index is -0.372. The van der Waals surface area contributed by atoms with Gasteiger partial charge in [0, 0.05) is 36.6 Å². The van der Waals surface area contributed by atoms with Gasteiger partial charge < -0.3 is 15.0 Å². The normalized spacial score (nSPS) is 13.2. The Morgan fingerprint density at radius 2 is 1.74 bits per heavy atom. The molecule has 35 heavy (non-hydrogen) atoms. The van der Waals surface area contributed by atoms with E-state index in [9.17, 15) is 9.59 Å². The number of aliphatic imine (C=N–C) groups is 1. The number of carbonyl (C=O) groups excluding carboxylic acids is 2. The third-order valence-corrected chi connectivity index (χ3v) is 7.22. The number of hydrogen-bond acceptors (Lipinski definition) is 6. The lowest BCUT2D eigenvalue weighted by Crippen LogP contribution is -2.14. The van der Waals surface area contributed by atoms with Crippen molar-refractivity contribution in [1.82, 2.24) is 0 Å². The molecule has 1 N–H and O–H groups in total. The minimum absolute atomic E-state index is 0.164. The minimum Gasteiger partial charge on any atom is -0.462 e. The van der Waals surface area contributed by atoms with Crippen LogP contribution in [0, 0.1) is 0 Å². The van der Waals surface area contributed by atoms with Crippen LogP contribution in [0.2, 0.25) is 0 Å². The van der Waals surface area contributed by atoms with Crippen molar-refractivity contribution in [3.63, 3.8) is 0 Å². The maximum Gasteiger partial charge on any atom is 0.338 e. The Balaban J connectivity index is 1.59. The second-order valence-corrected chi connectivity index (χ2v) is 9.82. The fourth-order valence-corrected chi connectivity index (χ4v) is 5.37. The highest BCUT2D eigenvalue weighted by molar-refractivity contribution is 7.16. The fourth-order valence-electron chi connectivity index (χ4n) is 4.14. The van der Waals surface area contributed by atoms with E-state index < -0.39 is 0 Å². The Hall–Kier alpha value is -3.45. The van der Waals surface area contributed by atoms with Gasteiger partial charge in [0.25, 0.3) is 5.91 Å². The number of hydrogen-bond donors (Lipinski definition) is 1. The smallest absolute Gasteiger partial charge is 0.338 e. The van der Waals surface area contributed by atoms with Gasteiger partial charge in [0.2, 0.25) is 0 Å². The van der Waals surface area contributed by atoms with Crippen molar-refractivity contribution in [3.05, 3.63) is 75.7 Å². The van der Waals surface area contributed by atoms with Crippen LogP contribution in [0.15, 0.2) is 53.5 Å². The predicted octanol–water partition coefficient (Wildman–Crippen LogP) is 6.26. The number of aryl methyl sites for hydroxylation is 1. The van der Waals surface area contributed by atoms with Crippen LogP contribution in [0.25, 0.3) is 0 Å². The molecule has 182 valence electrons. The highest BCUT2D eigenvalue weighted by Gasteiger charge is 2.24. The summed E-state index contributed by atoms with van der Waals surface area (Å²) in [4.78, 5) is 33.5. The number of ether oxygens (including phenoxy) is 1. The van der Waals surface area contributed by atoms with Crippen LogP contribution in [0.4, 0.5) is 16.4 Å². The van der Waals surface area contributed by atoms with Crippen LogP contribution in [0.1, 0.15) is 62.9 Å². The van der Waals surface area contributed by atoms with Gasteiger partial charge in [-0.3, -0.25) is 4.79 Å². The van der Waals surface area contributed by atoms with Crippen LogP contribution >= 0.6 is 11.3 Å². The maximum atomic E-state index is 13.5. The third-order valence-electron chi connectivity index (χ3n) is 6.02. The molecular formula is C28H31N3O3S. The number of anilines is 2. The topological polar surface area (TPSA) is 71.0 Å². The van der Waals surface area contributed by atoms with E-state index in [4.69, 9.17) is 9.73 Å². The second-order valence-electron chi connectivity index (χ2n) is 8.74. The summed E-state index contributed by atoms with van der Waals surface area (Å²) in [5.74, 6) is -0.535.